The van der Waals surface area contributed by atoms with Crippen LogP contribution in [0.4, 0.5) is 22.1 Å². The van der Waals surface area contributed by atoms with Crippen molar-refractivity contribution in [1.29, 1.82) is 0 Å². The van der Waals surface area contributed by atoms with Crippen LogP contribution in [0.1, 0.15) is 44.2 Å². The van der Waals surface area contributed by atoms with Crippen LogP contribution in [0.2, 0.25) is 0 Å². The minimum atomic E-state index is -0.468. The molecule has 10 nitrogen and oxygen atoms in total. The average molecular weight is 555 g/mol. The Labute approximate surface area is 235 Å². The Balaban J connectivity index is 1.10. The van der Waals surface area contributed by atoms with E-state index in [0.717, 1.165) is 61.2 Å². The van der Waals surface area contributed by atoms with Crippen molar-refractivity contribution in [3.8, 4) is 5.75 Å². The topological polar surface area (TPSA) is 92.3 Å². The molecule has 3 saturated heterocycles. The molecule has 2 aromatic rings. The summed E-state index contributed by atoms with van der Waals surface area (Å²) >= 11 is 5.03. The molecule has 6 rings (SSSR count). The second-order valence-electron chi connectivity index (χ2n) is 11.8. The number of thiol groups is 1. The van der Waals surface area contributed by atoms with Crippen molar-refractivity contribution < 1.29 is 19.0 Å². The minimum Gasteiger partial charge on any atom is -0.486 e. The zero-order valence-corrected chi connectivity index (χ0v) is 23.8. The summed E-state index contributed by atoms with van der Waals surface area (Å²) < 4.78 is 17.3. The number of nitrogens with one attached hydrogen (secondary N) is 1. The Kier molecular flexibility index (Phi) is 7.24. The molecule has 2 atom stereocenters. The third-order valence-corrected chi connectivity index (χ3v) is 8.46. The van der Waals surface area contributed by atoms with Gasteiger partial charge < -0.3 is 29.3 Å². The number of morpholine rings is 1. The van der Waals surface area contributed by atoms with E-state index in [9.17, 15) is 4.79 Å². The van der Waals surface area contributed by atoms with Gasteiger partial charge in [0.25, 0.3) is 0 Å². The number of piperidine rings is 1. The maximum absolute atomic E-state index is 12.3. The first-order valence-corrected chi connectivity index (χ1v) is 14.4. The fraction of sp³-hybridized carbons (Fsp3) is 0.607. The highest BCUT2D eigenvalue weighted by molar-refractivity contribution is 7.81. The predicted octanol–water partition coefficient (Wildman–Crippen LogP) is 3.66. The van der Waals surface area contributed by atoms with Crippen molar-refractivity contribution in [2.45, 2.75) is 56.6 Å². The number of ether oxygens (including phenoxy) is 3. The number of carbonyl (C=O) groups excluding carboxylic acids is 1. The molecule has 1 N–H and O–H groups in total. The Morgan fingerprint density at radius 3 is 2.67 bits per heavy atom. The van der Waals surface area contributed by atoms with Gasteiger partial charge in [0, 0.05) is 44.0 Å². The number of nitrogens with zero attached hydrogens (tertiary/aromatic N) is 5. The largest absolute Gasteiger partial charge is 0.486 e. The molecule has 2 unspecified atom stereocenters. The van der Waals surface area contributed by atoms with Gasteiger partial charge in [0.1, 0.15) is 35.9 Å². The van der Waals surface area contributed by atoms with Gasteiger partial charge in [0.15, 0.2) is 0 Å². The van der Waals surface area contributed by atoms with Gasteiger partial charge >= 0.3 is 6.09 Å². The fourth-order valence-electron chi connectivity index (χ4n) is 5.81. The predicted molar refractivity (Wildman–Crippen MR) is 152 cm³/mol. The summed E-state index contributed by atoms with van der Waals surface area (Å²) in [5.74, 6) is 2.84. The number of anilines is 3. The Hall–Kier alpha value is -2.76. The minimum absolute atomic E-state index is 0.196. The summed E-state index contributed by atoms with van der Waals surface area (Å²) in [6, 6.07) is 6.79. The Morgan fingerprint density at radius 1 is 1.13 bits per heavy atom. The summed E-state index contributed by atoms with van der Waals surface area (Å²) in [4.78, 5) is 28.0. The lowest BCUT2D eigenvalue weighted by Crippen LogP contribution is -2.63. The van der Waals surface area contributed by atoms with Crippen LogP contribution < -0.4 is 15.0 Å². The zero-order valence-electron chi connectivity index (χ0n) is 22.9. The van der Waals surface area contributed by atoms with Crippen molar-refractivity contribution in [3.05, 3.63) is 35.7 Å². The van der Waals surface area contributed by atoms with E-state index >= 15 is 0 Å². The third kappa shape index (κ3) is 5.62. The second kappa shape index (κ2) is 10.7. The quantitative estimate of drug-likeness (QED) is 0.552. The number of amides is 1. The highest BCUT2D eigenvalue weighted by Crippen LogP contribution is 2.40. The third-order valence-electron chi connectivity index (χ3n) is 7.93. The Bertz CT molecular complexity index is 1210. The lowest BCUT2D eigenvalue weighted by Gasteiger charge is -2.48. The van der Waals surface area contributed by atoms with Crippen LogP contribution in [0.15, 0.2) is 24.5 Å². The zero-order chi connectivity index (χ0) is 27.1. The average Bonchev–Trinajstić information content (AvgIpc) is 3.06. The van der Waals surface area contributed by atoms with Gasteiger partial charge in [-0.25, -0.2) is 14.8 Å². The molecule has 4 aliphatic heterocycles. The molecular weight excluding hydrogens is 516 g/mol. The van der Waals surface area contributed by atoms with Gasteiger partial charge in [-0.05, 0) is 57.4 Å². The highest BCUT2D eigenvalue weighted by Gasteiger charge is 2.40. The molecule has 5 heterocycles. The van der Waals surface area contributed by atoms with Crippen LogP contribution in [-0.2, 0) is 16.1 Å². The van der Waals surface area contributed by atoms with E-state index in [1.807, 2.05) is 20.8 Å². The van der Waals surface area contributed by atoms with Crippen LogP contribution in [0.5, 0.6) is 5.75 Å². The van der Waals surface area contributed by atoms with E-state index in [1.165, 1.54) is 5.56 Å². The first-order valence-electron chi connectivity index (χ1n) is 13.9. The van der Waals surface area contributed by atoms with E-state index in [4.69, 9.17) is 26.8 Å². The molecule has 0 saturated carbocycles. The summed E-state index contributed by atoms with van der Waals surface area (Å²) in [6.45, 7) is 12.4. The van der Waals surface area contributed by atoms with Crippen molar-refractivity contribution in [2.75, 3.05) is 62.7 Å². The maximum Gasteiger partial charge on any atom is 0.410 e. The van der Waals surface area contributed by atoms with Crippen LogP contribution in [0.25, 0.3) is 0 Å². The number of carbonyl (C=O) groups is 1. The normalized spacial score (nSPS) is 24.0. The van der Waals surface area contributed by atoms with Crippen LogP contribution in [-0.4, -0.2) is 95.2 Å². The van der Waals surface area contributed by atoms with E-state index in [1.54, 1.807) is 11.2 Å². The van der Waals surface area contributed by atoms with Crippen LogP contribution in [0, 0.1) is 0 Å². The Morgan fingerprint density at radius 2 is 1.92 bits per heavy atom. The molecule has 210 valence electrons. The molecule has 0 bridgehead atoms. The van der Waals surface area contributed by atoms with Crippen LogP contribution in [0.3, 0.4) is 0 Å². The lowest BCUT2D eigenvalue weighted by molar-refractivity contribution is -0.0190. The van der Waals surface area contributed by atoms with Crippen LogP contribution >= 0.6 is 12.6 Å². The van der Waals surface area contributed by atoms with E-state index in [0.29, 0.717) is 44.9 Å². The van der Waals surface area contributed by atoms with Gasteiger partial charge in [-0.3, -0.25) is 4.90 Å². The summed E-state index contributed by atoms with van der Waals surface area (Å²) in [5, 5.41) is 3.73. The monoisotopic (exact) mass is 554 g/mol. The maximum atomic E-state index is 12.3. The van der Waals surface area contributed by atoms with Crippen molar-refractivity contribution >= 4 is 36.0 Å². The number of likely N-dealkylation sites (tertiary alicyclic amines) is 2. The molecule has 0 spiro atoms. The molecule has 39 heavy (non-hydrogen) atoms. The molecule has 11 heteroatoms. The lowest BCUT2D eigenvalue weighted by atomic mass is 9.87. The van der Waals surface area contributed by atoms with Gasteiger partial charge in [0.2, 0.25) is 0 Å². The fourth-order valence-corrected chi connectivity index (χ4v) is 6.34. The molecular formula is C28H38N6O4S. The number of fused-ring (bicyclic) bond motifs is 2. The van der Waals surface area contributed by atoms with Gasteiger partial charge in [-0.1, -0.05) is 6.07 Å². The van der Waals surface area contributed by atoms with Gasteiger partial charge in [-0.15, -0.1) is 0 Å². The molecule has 1 aromatic carbocycles. The number of rotatable bonds is 3. The van der Waals surface area contributed by atoms with Gasteiger partial charge in [0.05, 0.1) is 24.5 Å². The summed E-state index contributed by atoms with van der Waals surface area (Å²) in [5.41, 5.74) is 2.68. The van der Waals surface area contributed by atoms with E-state index in [-0.39, 0.29) is 11.3 Å². The smallest absolute Gasteiger partial charge is 0.410 e. The molecule has 4 aliphatic rings. The van der Waals surface area contributed by atoms with E-state index < -0.39 is 5.60 Å². The van der Waals surface area contributed by atoms with Gasteiger partial charge in [-0.2, -0.15) is 12.6 Å². The number of benzene rings is 1. The summed E-state index contributed by atoms with van der Waals surface area (Å²) in [6.07, 6.45) is 2.41. The molecule has 1 aromatic heterocycles. The number of hydrogen-bond donors (Lipinski definition) is 2. The first-order chi connectivity index (χ1) is 18.7. The molecule has 1 amide bonds. The summed E-state index contributed by atoms with van der Waals surface area (Å²) in [7, 11) is 0. The molecule has 0 radical (unpaired) electrons. The molecule has 3 fully saturated rings. The molecule has 0 aliphatic carbocycles. The van der Waals surface area contributed by atoms with E-state index in [2.05, 4.69) is 43.3 Å². The highest BCUT2D eigenvalue weighted by atomic mass is 32.1. The van der Waals surface area contributed by atoms with Crippen molar-refractivity contribution in [2.24, 2.45) is 0 Å². The number of aromatic nitrogens is 2. The standard InChI is InChI=1S/C28H38N6O4S/c1-28(2,3)38-27(35)34-13-19(14-34)33-7-6-20(24(39)15-33)18-4-5-23-22(12-18)31-25-21(16-37-23)26(30-17-29-25)32-8-10-36-11-9-32/h4-5,12,17,19-20,24,39H,6-11,13-16H2,1-3H3,(H,29,30,31). The number of hydrogen-bond acceptors (Lipinski definition) is 10. The van der Waals surface area contributed by atoms with Crippen molar-refractivity contribution in [1.82, 2.24) is 19.8 Å². The first kappa shape index (κ1) is 26.5. The SMILES string of the molecule is CC(C)(C)OC(=O)N1CC(N2CCC(c3ccc4c(c3)Nc3ncnc(N5CCOCC5)c3CO4)C(S)C2)C1. The second-order valence-corrected chi connectivity index (χ2v) is 12.5. The van der Waals surface area contributed by atoms with Crippen molar-refractivity contribution in [3.63, 3.8) is 0 Å².